The van der Waals surface area contributed by atoms with Crippen molar-refractivity contribution in [3.63, 3.8) is 0 Å². The molecule has 2 aromatic carbocycles. The first-order valence-corrected chi connectivity index (χ1v) is 12.5. The molecular weight excluding hydrogens is 470 g/mol. The van der Waals surface area contributed by atoms with Crippen molar-refractivity contribution in [2.45, 2.75) is 24.7 Å². The number of carbonyl (C=O) groups is 1. The van der Waals surface area contributed by atoms with Gasteiger partial charge in [0.25, 0.3) is 10.0 Å². The standard InChI is InChI=1S/C25H27N3O6S/c1-16-13-24(26-34-16)27-35(30,31)19-9-7-18(8-10-19)25(29)17(2)20-14-21(28-11-5-6-12-28)23(33-4)15-22(20)32-3/h7-10,13-15H,2,5-6,11-12H2,1,3-4H3,(H,26,27). The second-order valence-electron chi connectivity index (χ2n) is 8.18. The van der Waals surface area contributed by atoms with Gasteiger partial charge in [0, 0.05) is 41.9 Å². The molecule has 1 aliphatic rings. The van der Waals surface area contributed by atoms with Crippen LogP contribution in [0.5, 0.6) is 11.5 Å². The van der Waals surface area contributed by atoms with Gasteiger partial charge in [0.1, 0.15) is 17.3 Å². The molecule has 1 aromatic heterocycles. The summed E-state index contributed by atoms with van der Waals surface area (Å²) in [5, 5.41) is 3.64. The van der Waals surface area contributed by atoms with Crippen LogP contribution < -0.4 is 19.1 Å². The second kappa shape index (κ2) is 9.83. The van der Waals surface area contributed by atoms with Crippen LogP contribution in [0, 0.1) is 6.92 Å². The van der Waals surface area contributed by atoms with Gasteiger partial charge in [-0.2, -0.15) is 0 Å². The van der Waals surface area contributed by atoms with Gasteiger partial charge in [0.2, 0.25) is 0 Å². The van der Waals surface area contributed by atoms with Crippen LogP contribution in [0.2, 0.25) is 0 Å². The normalized spacial score (nSPS) is 13.5. The summed E-state index contributed by atoms with van der Waals surface area (Å²) >= 11 is 0. The average molecular weight is 498 g/mol. The molecule has 9 nitrogen and oxygen atoms in total. The number of allylic oxidation sites excluding steroid dienone is 1. The van der Waals surface area contributed by atoms with Crippen LogP contribution in [0.15, 0.2) is 58.5 Å². The van der Waals surface area contributed by atoms with Crippen LogP contribution in [-0.4, -0.2) is 46.7 Å². The van der Waals surface area contributed by atoms with Gasteiger partial charge >= 0.3 is 0 Å². The van der Waals surface area contributed by atoms with Crippen LogP contribution in [0.3, 0.4) is 0 Å². The molecule has 1 N–H and O–H groups in total. The first kappa shape index (κ1) is 24.3. The van der Waals surface area contributed by atoms with Gasteiger partial charge in [-0.15, -0.1) is 0 Å². The lowest BCUT2D eigenvalue weighted by atomic mass is 9.96. The van der Waals surface area contributed by atoms with Gasteiger partial charge in [-0.3, -0.25) is 9.52 Å². The van der Waals surface area contributed by atoms with Crippen molar-refractivity contribution in [2.75, 3.05) is 36.9 Å². The fourth-order valence-corrected chi connectivity index (χ4v) is 5.00. The topological polar surface area (TPSA) is 111 Å². The van der Waals surface area contributed by atoms with Crippen LogP contribution >= 0.6 is 0 Å². The van der Waals surface area contributed by atoms with E-state index in [2.05, 4.69) is 21.4 Å². The Hall–Kier alpha value is -3.79. The smallest absolute Gasteiger partial charge is 0.263 e. The summed E-state index contributed by atoms with van der Waals surface area (Å²) in [6.45, 7) is 7.49. The number of anilines is 2. The Morgan fingerprint density at radius 2 is 1.71 bits per heavy atom. The van der Waals surface area contributed by atoms with E-state index in [1.807, 2.05) is 6.07 Å². The highest BCUT2D eigenvalue weighted by Crippen LogP contribution is 2.40. The number of benzene rings is 2. The number of hydrogen-bond donors (Lipinski definition) is 1. The Bertz CT molecular complexity index is 1360. The lowest BCUT2D eigenvalue weighted by Crippen LogP contribution is -2.19. The molecule has 0 unspecified atom stereocenters. The zero-order chi connectivity index (χ0) is 25.2. The summed E-state index contributed by atoms with van der Waals surface area (Å²) in [7, 11) is -0.772. The predicted molar refractivity (Wildman–Crippen MR) is 133 cm³/mol. The number of carbonyl (C=O) groups excluding carboxylic acids is 1. The van der Waals surface area contributed by atoms with E-state index in [-0.39, 0.29) is 22.1 Å². The van der Waals surface area contributed by atoms with Crippen molar-refractivity contribution in [2.24, 2.45) is 0 Å². The molecule has 10 heteroatoms. The Kier molecular flexibility index (Phi) is 6.83. The van der Waals surface area contributed by atoms with Gasteiger partial charge in [-0.05, 0) is 50.1 Å². The molecule has 0 atom stereocenters. The number of nitrogens with one attached hydrogen (secondary N) is 1. The number of ketones is 1. The number of ether oxygens (including phenoxy) is 2. The molecule has 1 saturated heterocycles. The molecule has 1 aliphatic heterocycles. The molecule has 0 spiro atoms. The zero-order valence-corrected chi connectivity index (χ0v) is 20.6. The Morgan fingerprint density at radius 3 is 2.29 bits per heavy atom. The number of aromatic nitrogens is 1. The molecule has 3 aromatic rings. The zero-order valence-electron chi connectivity index (χ0n) is 19.8. The molecule has 0 bridgehead atoms. The van der Waals surface area contributed by atoms with Gasteiger partial charge in [0.05, 0.1) is 24.8 Å². The van der Waals surface area contributed by atoms with Crippen molar-refractivity contribution in [1.82, 2.24) is 5.16 Å². The summed E-state index contributed by atoms with van der Waals surface area (Å²) in [5.74, 6) is 1.34. The molecule has 35 heavy (non-hydrogen) atoms. The van der Waals surface area contributed by atoms with E-state index in [0.29, 0.717) is 28.4 Å². The third kappa shape index (κ3) is 5.02. The largest absolute Gasteiger partial charge is 0.496 e. The number of nitrogens with zero attached hydrogens (tertiary/aromatic N) is 2. The SMILES string of the molecule is C=C(C(=O)c1ccc(S(=O)(=O)Nc2cc(C)on2)cc1)c1cc(N2CCCC2)c(OC)cc1OC. The summed E-state index contributed by atoms with van der Waals surface area (Å²) in [6.07, 6.45) is 2.18. The van der Waals surface area contributed by atoms with Crippen LogP contribution in [0.1, 0.15) is 34.5 Å². The fraction of sp³-hybridized carbons (Fsp3) is 0.280. The maximum absolute atomic E-state index is 13.3. The summed E-state index contributed by atoms with van der Waals surface area (Å²) in [6, 6.07) is 10.7. The highest BCUT2D eigenvalue weighted by Gasteiger charge is 2.24. The number of aryl methyl sites for hydroxylation is 1. The van der Waals surface area contributed by atoms with E-state index in [0.717, 1.165) is 31.6 Å². The number of rotatable bonds is 9. The maximum Gasteiger partial charge on any atom is 0.263 e. The number of sulfonamides is 1. The summed E-state index contributed by atoms with van der Waals surface area (Å²) in [4.78, 5) is 15.5. The lowest BCUT2D eigenvalue weighted by molar-refractivity contribution is 0.105. The molecule has 0 aliphatic carbocycles. The summed E-state index contributed by atoms with van der Waals surface area (Å²) in [5.41, 5.74) is 1.97. The minimum Gasteiger partial charge on any atom is -0.496 e. The average Bonchev–Trinajstić information content (AvgIpc) is 3.54. The first-order chi connectivity index (χ1) is 16.7. The molecule has 2 heterocycles. The monoisotopic (exact) mass is 497 g/mol. The molecule has 4 rings (SSSR count). The van der Waals surface area contributed by atoms with Crippen molar-refractivity contribution < 1.29 is 27.2 Å². The number of methoxy groups -OCH3 is 2. The lowest BCUT2D eigenvalue weighted by Gasteiger charge is -2.23. The van der Waals surface area contributed by atoms with Crippen LogP contribution in [0.25, 0.3) is 5.57 Å². The highest BCUT2D eigenvalue weighted by atomic mass is 32.2. The molecule has 0 amide bonds. The quantitative estimate of drug-likeness (QED) is 0.344. The summed E-state index contributed by atoms with van der Waals surface area (Å²) < 4.78 is 43.6. The molecular formula is C25H27N3O6S. The van der Waals surface area contributed by atoms with Crippen LogP contribution in [0.4, 0.5) is 11.5 Å². The third-order valence-corrected chi connectivity index (χ3v) is 7.21. The van der Waals surface area contributed by atoms with Gasteiger partial charge in [-0.1, -0.05) is 11.7 Å². The fourth-order valence-electron chi connectivity index (χ4n) is 4.02. The van der Waals surface area contributed by atoms with Crippen molar-refractivity contribution in [3.05, 3.63) is 65.9 Å². The van der Waals surface area contributed by atoms with Crippen molar-refractivity contribution >= 4 is 32.9 Å². The molecule has 0 radical (unpaired) electrons. The molecule has 184 valence electrons. The maximum atomic E-state index is 13.3. The van der Waals surface area contributed by atoms with E-state index in [1.165, 1.54) is 37.4 Å². The van der Waals surface area contributed by atoms with Gasteiger partial charge < -0.3 is 18.9 Å². The second-order valence-corrected chi connectivity index (χ2v) is 9.86. The van der Waals surface area contributed by atoms with Gasteiger partial charge in [0.15, 0.2) is 11.6 Å². The first-order valence-electron chi connectivity index (χ1n) is 11.0. The highest BCUT2D eigenvalue weighted by molar-refractivity contribution is 7.92. The number of Topliss-reactive ketones (excluding diaryl/α,β-unsaturated/α-hetero) is 1. The predicted octanol–water partition coefficient (Wildman–Crippen LogP) is 4.30. The Balaban J connectivity index is 1.60. The van der Waals surface area contributed by atoms with Crippen LogP contribution in [-0.2, 0) is 10.0 Å². The van der Waals surface area contributed by atoms with Crippen molar-refractivity contribution in [1.29, 1.82) is 0 Å². The van der Waals surface area contributed by atoms with Gasteiger partial charge in [-0.25, -0.2) is 8.42 Å². The third-order valence-electron chi connectivity index (χ3n) is 5.84. The van der Waals surface area contributed by atoms with E-state index in [1.54, 1.807) is 20.1 Å². The van der Waals surface area contributed by atoms with E-state index < -0.39 is 10.0 Å². The Labute approximate surface area is 204 Å². The van der Waals surface area contributed by atoms with Crippen molar-refractivity contribution in [3.8, 4) is 11.5 Å². The minimum absolute atomic E-state index is 0.0151. The number of hydrogen-bond acceptors (Lipinski definition) is 8. The Morgan fingerprint density at radius 1 is 1.06 bits per heavy atom. The van der Waals surface area contributed by atoms with E-state index in [4.69, 9.17) is 14.0 Å². The minimum atomic E-state index is -3.89. The molecule has 0 saturated carbocycles. The molecule has 1 fully saturated rings. The van der Waals surface area contributed by atoms with E-state index >= 15 is 0 Å². The van der Waals surface area contributed by atoms with E-state index in [9.17, 15) is 13.2 Å².